The van der Waals surface area contributed by atoms with Gasteiger partial charge in [0.25, 0.3) is 26.9 Å². The average molecular weight is 1170 g/mol. The molecule has 8 aliphatic carbocycles. The standard InChI is InChI=1S/C23H33N3O3S.C15H25N3O3S.C8H9Br.CH3F.CH2O3.CH4.ClH.2K.H/c27-22(24-23-20-12-18-11-19(14-20)15-21(23)13-18)16-26-9-4-8-25(30(26,28)29)10-7-17-5-2-1-3-6-17;19-14(9-18-3-1-2-16-22(18,20)21)17-15-12-5-10-4-11(7-12)8-13(15)6-10;9-7-6-8-4-2-1-3-5-8;1-2;2-1-4-3;;;;;/h1-3,5-6,18-21,23H,4,7-16H2,(H,24,27);10-13,15-16H,1-9H2,(H,17,19);1-5H,6-7H2;1H3;1,3H;1H4;1H;;;/q;;;;;;;2*+1;-1/p-1/i;;;1D;;;;;;. The average Bonchev–Trinajstić information content (AvgIpc) is 3.31. The molecule has 15 nitrogen and oxygen atoms in total. The van der Waals surface area contributed by atoms with Crippen LogP contribution in [0.5, 0.6) is 0 Å². The number of alkyl halides is 2. The molecule has 392 valence electrons. The van der Waals surface area contributed by atoms with Crippen LogP contribution in [0.1, 0.15) is 98.4 Å². The Morgan fingerprint density at radius 2 is 1.11 bits per heavy atom. The maximum atomic E-state index is 13.1. The van der Waals surface area contributed by atoms with Crippen LogP contribution in [-0.4, -0.2) is 118 Å². The third kappa shape index (κ3) is 19.7. The third-order valence-corrected chi connectivity index (χ3v) is 19.1. The molecular weight excluding hydrogens is 1090 g/mol. The Balaban J connectivity index is 0.000000545. The fourth-order valence-electron chi connectivity index (χ4n) is 12.8. The largest absolute Gasteiger partial charge is 1.00 e. The number of halogens is 3. The fourth-order valence-corrected chi connectivity index (χ4v) is 16.1. The fraction of sp³-hybridized carbons (Fsp3) is 0.694. The van der Waals surface area contributed by atoms with E-state index in [2.05, 4.69) is 60.4 Å². The van der Waals surface area contributed by atoms with Crippen molar-refractivity contribution in [2.45, 2.75) is 109 Å². The van der Waals surface area contributed by atoms with Crippen molar-refractivity contribution in [2.75, 3.05) is 58.3 Å². The Hall–Kier alpha value is 0.523. The number of rotatable bonds is 12. The molecule has 2 aromatic rings. The molecule has 0 spiro atoms. The molecule has 3 N–H and O–H groups in total. The number of hydrogen-bond acceptors (Lipinski definition) is 9. The summed E-state index contributed by atoms with van der Waals surface area (Å²) in [4.78, 5) is 36.4. The number of benzene rings is 2. The molecule has 0 radical (unpaired) electrons. The second-order valence-corrected chi connectivity index (χ2v) is 24.1. The van der Waals surface area contributed by atoms with Gasteiger partial charge in [-0.1, -0.05) is 84.0 Å². The molecule has 10 fully saturated rings. The van der Waals surface area contributed by atoms with E-state index in [0.29, 0.717) is 62.8 Å². The molecule has 22 heteroatoms. The van der Waals surface area contributed by atoms with Gasteiger partial charge in [0.1, 0.15) is 0 Å². The molecule has 12 rings (SSSR count). The van der Waals surface area contributed by atoms with Crippen molar-refractivity contribution in [3.63, 3.8) is 0 Å². The number of carbonyl (C=O) groups is 3. The van der Waals surface area contributed by atoms with Gasteiger partial charge in [0.15, 0.2) is 0 Å². The van der Waals surface area contributed by atoms with Crippen molar-refractivity contribution >= 4 is 67.0 Å². The van der Waals surface area contributed by atoms with Crippen LogP contribution in [0.3, 0.4) is 0 Å². The van der Waals surface area contributed by atoms with Crippen LogP contribution < -0.4 is 123 Å². The van der Waals surface area contributed by atoms with Gasteiger partial charge < -0.3 is 22.2 Å². The Kier molecular flexibility index (Phi) is 31.3. The first-order chi connectivity index (χ1) is 32.8. The van der Waals surface area contributed by atoms with Gasteiger partial charge in [0, 0.05) is 50.1 Å². The number of nitrogens with zero attached hydrogens (tertiary/aromatic N) is 3. The first-order valence-electron chi connectivity index (χ1n) is 24.8. The van der Waals surface area contributed by atoms with Crippen molar-refractivity contribution in [3.8, 4) is 0 Å². The first-order valence-corrected chi connectivity index (χ1v) is 28.0. The van der Waals surface area contributed by atoms with Crippen molar-refractivity contribution in [2.24, 2.45) is 47.3 Å². The van der Waals surface area contributed by atoms with Crippen molar-refractivity contribution in [1.82, 2.24) is 28.3 Å². The minimum Gasteiger partial charge on any atom is -1.00 e. The maximum absolute atomic E-state index is 13.1. The minimum atomic E-state index is -3.58. The summed E-state index contributed by atoms with van der Waals surface area (Å²) in [5, 5.41) is 15.9. The maximum Gasteiger partial charge on any atom is 1.00 e. The predicted molar refractivity (Wildman–Crippen MR) is 271 cm³/mol. The zero-order valence-corrected chi connectivity index (χ0v) is 51.2. The summed E-state index contributed by atoms with van der Waals surface area (Å²) in [6.45, 7) is 2.05. The zero-order chi connectivity index (χ0) is 48.7. The monoisotopic (exact) mass is 1170 g/mol. The molecule has 0 aromatic heterocycles. The summed E-state index contributed by atoms with van der Waals surface area (Å²) in [6, 6.07) is 20.9. The van der Waals surface area contributed by atoms with Gasteiger partial charge in [-0.15, -0.1) is 12.4 Å². The first kappa shape index (κ1) is 65.8. The Morgan fingerprint density at radius 1 is 0.732 bits per heavy atom. The molecule has 0 unspecified atom stereocenters. The minimum absolute atomic E-state index is 0. The molecule has 2 saturated heterocycles. The summed E-state index contributed by atoms with van der Waals surface area (Å²) < 4.78 is 72.1. The predicted octanol–water partition coefficient (Wildman–Crippen LogP) is -0.287. The number of hydrogen-bond donors (Lipinski definition) is 3. The van der Waals surface area contributed by atoms with Crippen LogP contribution >= 0.6 is 28.3 Å². The van der Waals surface area contributed by atoms with Gasteiger partial charge in [0.05, 0.1) is 21.6 Å². The summed E-state index contributed by atoms with van der Waals surface area (Å²) in [5.74, 6) is 5.67. The van der Waals surface area contributed by atoms with E-state index in [1.807, 2.05) is 36.4 Å². The molecule has 2 amide bonds. The zero-order valence-electron chi connectivity index (χ0n) is 42.9. The SMILES string of the molecule is BrCCc1ccccc1.C.Cl.O=C(CN1CCCN(CCc2ccccc2)S1(=O)=O)NC1C2CC3CC(C2)CC1C3.O=C(CN1CCCNS1(=O)=O)NC1C2CC3CC(C2)CC1C3.O=CO[O-].[2H]CF.[H-].[K+].[K+]. The van der Waals surface area contributed by atoms with Gasteiger partial charge in [-0.2, -0.15) is 29.8 Å². The van der Waals surface area contributed by atoms with E-state index in [1.165, 1.54) is 78.4 Å². The quantitative estimate of drug-likeness (QED) is 0.0842. The van der Waals surface area contributed by atoms with Crippen molar-refractivity contribution < 1.29 is 151 Å². The van der Waals surface area contributed by atoms with Crippen molar-refractivity contribution in [3.05, 3.63) is 71.8 Å². The molecule has 8 bridgehead atoms. The topological polar surface area (TPSA) is 198 Å². The van der Waals surface area contributed by atoms with Crippen LogP contribution in [0.25, 0.3) is 0 Å². The van der Waals surface area contributed by atoms with E-state index in [4.69, 9.17) is 11.4 Å². The van der Waals surface area contributed by atoms with E-state index in [9.17, 15) is 30.8 Å². The molecule has 2 aromatic carbocycles. The van der Waals surface area contributed by atoms with E-state index in [0.717, 1.165) is 53.8 Å². The van der Waals surface area contributed by atoms with Crippen molar-refractivity contribution in [1.29, 1.82) is 0 Å². The molecule has 0 atom stereocenters. The van der Waals surface area contributed by atoms with E-state index in [-0.39, 0.29) is 167 Å². The van der Waals surface area contributed by atoms with Gasteiger partial charge in [-0.25, -0.2) is 4.72 Å². The summed E-state index contributed by atoms with van der Waals surface area (Å²) in [7, 11) is -8.04. The summed E-state index contributed by atoms with van der Waals surface area (Å²) >= 11 is 3.39. The Labute approximate surface area is 526 Å². The van der Waals surface area contributed by atoms with Crippen LogP contribution in [0.15, 0.2) is 60.7 Å². The van der Waals surface area contributed by atoms with Crippen LogP contribution in [0.2, 0.25) is 0 Å². The van der Waals surface area contributed by atoms with Crippen LogP contribution in [0, 0.1) is 47.3 Å². The second-order valence-electron chi connectivity index (χ2n) is 19.6. The molecule has 71 heavy (non-hydrogen) atoms. The third-order valence-electron chi connectivity index (χ3n) is 15.2. The van der Waals surface area contributed by atoms with Crippen LogP contribution in [0.4, 0.5) is 4.39 Å². The number of carbonyl (C=O) groups excluding carboxylic acids is 3. The molecule has 8 saturated carbocycles. The number of nitrogens with one attached hydrogen (secondary N) is 3. The summed E-state index contributed by atoms with van der Waals surface area (Å²) in [5.41, 5.74) is 2.53. The molecular formula is C49H77BrClFK2N6O9S2. The van der Waals surface area contributed by atoms with Crippen LogP contribution in [-0.2, 0) is 52.5 Å². The number of aryl methyl sites for hydroxylation is 1. The van der Waals surface area contributed by atoms with E-state index >= 15 is 0 Å². The van der Waals surface area contributed by atoms with E-state index < -0.39 is 27.6 Å². The van der Waals surface area contributed by atoms with Gasteiger partial charge >= 0.3 is 103 Å². The molecule has 2 aliphatic heterocycles. The van der Waals surface area contributed by atoms with Gasteiger partial charge in [0.2, 0.25) is 11.8 Å². The second kappa shape index (κ2) is 33.7. The van der Waals surface area contributed by atoms with Gasteiger partial charge in [-0.05, 0) is 148 Å². The van der Waals surface area contributed by atoms with Gasteiger partial charge in [-0.3, -0.25) is 18.8 Å². The molecule has 2 heterocycles. The summed E-state index contributed by atoms with van der Waals surface area (Å²) in [6.07, 6.45) is 16.1. The van der Waals surface area contributed by atoms with E-state index in [1.54, 1.807) is 4.31 Å². The number of amides is 2. The Morgan fingerprint density at radius 3 is 1.51 bits per heavy atom. The molecule has 10 aliphatic rings. The smallest absolute Gasteiger partial charge is 1.00 e. The normalized spacial score (nSPS) is 30.1. The Bertz CT molecular complexity index is 2090.